The van der Waals surface area contributed by atoms with Crippen molar-refractivity contribution in [3.05, 3.63) is 48.3 Å². The topological polar surface area (TPSA) is 66.9 Å². The second-order valence-corrected chi connectivity index (χ2v) is 7.54. The highest BCUT2D eigenvalue weighted by Gasteiger charge is 2.59. The number of nitrogens with one attached hydrogen (secondary N) is 1. The van der Waals surface area contributed by atoms with Gasteiger partial charge in [-0.25, -0.2) is 0 Å². The zero-order chi connectivity index (χ0) is 19.9. The number of anilines is 1. The van der Waals surface area contributed by atoms with Gasteiger partial charge in [-0.1, -0.05) is 0 Å². The molecule has 146 valence electrons. The van der Waals surface area contributed by atoms with Crippen molar-refractivity contribution < 1.29 is 14.3 Å². The molecule has 0 radical (unpaired) electrons. The van der Waals surface area contributed by atoms with Crippen molar-refractivity contribution in [1.82, 2.24) is 15.2 Å². The number of hydrogen-bond donors (Lipinski definition) is 1. The van der Waals surface area contributed by atoms with Crippen LogP contribution in [0.2, 0.25) is 0 Å². The minimum Gasteiger partial charge on any atom is -0.497 e. The Balaban J connectivity index is 1.78. The maximum atomic E-state index is 13.6. The second kappa shape index (κ2) is 7.03. The average molecular weight is 398 g/mol. The molecule has 1 N–H and O–H groups in total. The fourth-order valence-corrected chi connectivity index (χ4v) is 4.51. The van der Waals surface area contributed by atoms with E-state index in [1.54, 1.807) is 37.6 Å². The molecule has 0 bridgehead atoms. The Morgan fingerprint density at radius 1 is 1.25 bits per heavy atom. The summed E-state index contributed by atoms with van der Waals surface area (Å²) in [6.45, 7) is 1.26. The summed E-state index contributed by atoms with van der Waals surface area (Å²) in [5.41, 5.74) is 0.787. The molecule has 0 unspecified atom stereocenters. The molecule has 2 fully saturated rings. The molecule has 0 aliphatic carbocycles. The molecule has 8 heteroatoms. The van der Waals surface area contributed by atoms with Crippen LogP contribution in [0.4, 0.5) is 5.69 Å². The van der Waals surface area contributed by atoms with E-state index in [0.717, 1.165) is 5.56 Å². The minimum absolute atomic E-state index is 0.0679. The summed E-state index contributed by atoms with van der Waals surface area (Å²) in [6, 6.07) is 9.37. The molecule has 2 atom stereocenters. The van der Waals surface area contributed by atoms with E-state index >= 15 is 0 Å². The second-order valence-electron chi connectivity index (χ2n) is 7.15. The highest BCUT2D eigenvalue weighted by molar-refractivity contribution is 7.80. The molecule has 0 saturated carbocycles. The number of nitrogens with zero attached hydrogens (tertiary/aromatic N) is 3. The molecule has 1 spiro atoms. The monoisotopic (exact) mass is 398 g/mol. The summed E-state index contributed by atoms with van der Waals surface area (Å²) >= 11 is 5.55. The smallest absolute Gasteiger partial charge is 0.261 e. The van der Waals surface area contributed by atoms with Gasteiger partial charge in [-0.15, -0.1) is 0 Å². The first-order valence-corrected chi connectivity index (χ1v) is 9.37. The Morgan fingerprint density at radius 3 is 2.57 bits per heavy atom. The Labute approximate surface area is 169 Å². The third-order valence-electron chi connectivity index (χ3n) is 5.41. The van der Waals surface area contributed by atoms with E-state index in [-0.39, 0.29) is 11.8 Å². The normalized spacial score (nSPS) is 24.7. The number of pyridine rings is 1. The van der Waals surface area contributed by atoms with Gasteiger partial charge in [0, 0.05) is 31.3 Å². The van der Waals surface area contributed by atoms with Gasteiger partial charge in [-0.2, -0.15) is 0 Å². The fraction of sp³-hybridized carbons (Fsp3) is 0.350. The number of thiocarbonyl (C=S) groups is 1. The predicted octanol–water partition coefficient (Wildman–Crippen LogP) is 1.79. The Kier molecular flexibility index (Phi) is 4.68. The van der Waals surface area contributed by atoms with Crippen molar-refractivity contribution in [2.45, 2.75) is 11.5 Å². The zero-order valence-corrected chi connectivity index (χ0v) is 16.8. The van der Waals surface area contributed by atoms with E-state index in [0.29, 0.717) is 35.4 Å². The van der Waals surface area contributed by atoms with Gasteiger partial charge >= 0.3 is 0 Å². The van der Waals surface area contributed by atoms with Crippen LogP contribution in [-0.2, 0) is 4.79 Å². The van der Waals surface area contributed by atoms with Crippen LogP contribution in [0.25, 0.3) is 0 Å². The van der Waals surface area contributed by atoms with Crippen LogP contribution in [0.5, 0.6) is 11.5 Å². The van der Waals surface area contributed by atoms with E-state index < -0.39 is 5.54 Å². The van der Waals surface area contributed by atoms with Crippen LogP contribution in [0, 0.1) is 0 Å². The number of amides is 1. The molecule has 28 heavy (non-hydrogen) atoms. The maximum absolute atomic E-state index is 13.6. The predicted molar refractivity (Wildman–Crippen MR) is 110 cm³/mol. The number of aromatic nitrogens is 1. The number of likely N-dealkylation sites (tertiary alicyclic amines) is 1. The zero-order valence-electron chi connectivity index (χ0n) is 16.0. The highest BCUT2D eigenvalue weighted by Crippen LogP contribution is 2.42. The van der Waals surface area contributed by atoms with Gasteiger partial charge in [0.15, 0.2) is 5.11 Å². The number of likely N-dealkylation sites (N-methyl/N-ethyl adjacent to an activating group) is 1. The Morgan fingerprint density at radius 2 is 1.96 bits per heavy atom. The minimum atomic E-state index is -0.848. The lowest BCUT2D eigenvalue weighted by Crippen LogP contribution is -2.52. The number of carbonyl (C=O) groups excluding carboxylic acids is 1. The number of methoxy groups -OCH3 is 2. The first-order chi connectivity index (χ1) is 13.5. The maximum Gasteiger partial charge on any atom is 0.261 e. The summed E-state index contributed by atoms with van der Waals surface area (Å²) in [6.07, 6.45) is 3.32. The summed E-state index contributed by atoms with van der Waals surface area (Å²) in [7, 11) is 5.24. The van der Waals surface area contributed by atoms with Crippen LogP contribution in [0.3, 0.4) is 0 Å². The summed E-state index contributed by atoms with van der Waals surface area (Å²) in [5, 5.41) is 3.73. The van der Waals surface area contributed by atoms with Crippen molar-refractivity contribution in [3.63, 3.8) is 0 Å². The quantitative estimate of drug-likeness (QED) is 0.788. The van der Waals surface area contributed by atoms with Gasteiger partial charge in [0.05, 0.1) is 26.1 Å². The van der Waals surface area contributed by atoms with Gasteiger partial charge in [-0.3, -0.25) is 14.7 Å². The molecule has 4 rings (SSSR count). The molecule has 2 aromatic rings. The molecule has 1 amide bonds. The highest BCUT2D eigenvalue weighted by atomic mass is 32.1. The van der Waals surface area contributed by atoms with Crippen molar-refractivity contribution in [2.75, 3.05) is 39.3 Å². The van der Waals surface area contributed by atoms with Crippen LogP contribution in [0.15, 0.2) is 42.7 Å². The lowest BCUT2D eigenvalue weighted by molar-refractivity contribution is -0.122. The number of rotatable bonds is 4. The molecule has 1 aromatic carbocycles. The largest absolute Gasteiger partial charge is 0.497 e. The first-order valence-electron chi connectivity index (χ1n) is 8.97. The van der Waals surface area contributed by atoms with Gasteiger partial charge in [-0.05, 0) is 49.1 Å². The summed E-state index contributed by atoms with van der Waals surface area (Å²) in [5.74, 6) is 1.20. The van der Waals surface area contributed by atoms with E-state index in [2.05, 4.69) is 15.2 Å². The summed E-state index contributed by atoms with van der Waals surface area (Å²) in [4.78, 5) is 21.4. The van der Waals surface area contributed by atoms with Crippen LogP contribution >= 0.6 is 12.2 Å². The SMILES string of the molecule is COc1cc(OC)cc([C@@H]2CN(C)C[C@]23NC(=S)N(c2cccnc2)C3=O)c1. The third-order valence-corrected chi connectivity index (χ3v) is 5.69. The van der Waals surface area contributed by atoms with Gasteiger partial charge in [0.25, 0.3) is 5.91 Å². The van der Waals surface area contributed by atoms with Crippen molar-refractivity contribution in [3.8, 4) is 11.5 Å². The standard InChI is InChI=1S/C20H22N4O3S/c1-23-11-17(13-7-15(26-2)9-16(8-13)27-3)20(12-23)18(25)24(19(28)22-20)14-5-4-6-21-10-14/h4-10,17H,11-12H2,1-3H3,(H,22,28)/t17-,20-/m0/s1. The van der Waals surface area contributed by atoms with Crippen LogP contribution in [0.1, 0.15) is 11.5 Å². The van der Waals surface area contributed by atoms with E-state index in [1.807, 2.05) is 31.3 Å². The van der Waals surface area contributed by atoms with Crippen LogP contribution < -0.4 is 19.7 Å². The lowest BCUT2D eigenvalue weighted by atomic mass is 9.81. The fourth-order valence-electron chi connectivity index (χ4n) is 4.14. The lowest BCUT2D eigenvalue weighted by Gasteiger charge is -2.29. The van der Waals surface area contributed by atoms with E-state index in [1.165, 1.54) is 0 Å². The van der Waals surface area contributed by atoms with E-state index in [9.17, 15) is 4.79 Å². The number of hydrogen-bond acceptors (Lipinski definition) is 6. The molecule has 2 aliphatic heterocycles. The summed E-state index contributed by atoms with van der Waals surface area (Å²) < 4.78 is 10.9. The van der Waals surface area contributed by atoms with E-state index in [4.69, 9.17) is 21.7 Å². The van der Waals surface area contributed by atoms with Crippen molar-refractivity contribution >= 4 is 28.9 Å². The van der Waals surface area contributed by atoms with Gasteiger partial charge in [0.1, 0.15) is 17.0 Å². The molecular formula is C20H22N4O3S. The molecular weight excluding hydrogens is 376 g/mol. The van der Waals surface area contributed by atoms with Gasteiger partial charge in [0.2, 0.25) is 0 Å². The van der Waals surface area contributed by atoms with Crippen molar-refractivity contribution in [2.24, 2.45) is 0 Å². The number of benzene rings is 1. The molecule has 2 aliphatic rings. The molecule has 1 aromatic heterocycles. The van der Waals surface area contributed by atoms with Crippen LogP contribution in [-0.4, -0.2) is 60.8 Å². The molecule has 7 nitrogen and oxygen atoms in total. The molecule has 3 heterocycles. The molecule has 2 saturated heterocycles. The van der Waals surface area contributed by atoms with Gasteiger partial charge < -0.3 is 19.7 Å². The Bertz CT molecular complexity index is 901. The first kappa shape index (κ1) is 18.6. The van der Waals surface area contributed by atoms with Crippen molar-refractivity contribution in [1.29, 1.82) is 0 Å². The average Bonchev–Trinajstić information content (AvgIpc) is 3.17. The third kappa shape index (κ3) is 2.89. The Hall–Kier alpha value is -2.71. The number of carbonyl (C=O) groups is 1. The number of ether oxygens (including phenoxy) is 2.